The van der Waals surface area contributed by atoms with E-state index in [9.17, 15) is 5.11 Å². The van der Waals surface area contributed by atoms with Crippen LogP contribution in [0.25, 0.3) is 0 Å². The summed E-state index contributed by atoms with van der Waals surface area (Å²) in [6, 6.07) is 15.5. The molecule has 5 heteroatoms. The Morgan fingerprint density at radius 3 is 2.16 bits per heavy atom. The number of benzene rings is 2. The van der Waals surface area contributed by atoms with E-state index in [-0.39, 0.29) is 0 Å². The van der Waals surface area contributed by atoms with E-state index in [0.29, 0.717) is 19.7 Å². The molecule has 2 rings (SSSR count). The van der Waals surface area contributed by atoms with Gasteiger partial charge in [0.2, 0.25) is 0 Å². The first kappa shape index (κ1) is 19.2. The van der Waals surface area contributed by atoms with Crippen LogP contribution in [0, 0.1) is 0 Å². The third-order valence-electron chi connectivity index (χ3n) is 4.04. The average molecular weight is 345 g/mol. The maximum absolute atomic E-state index is 10.5. The molecule has 0 amide bonds. The molecule has 0 spiro atoms. The van der Waals surface area contributed by atoms with E-state index in [1.807, 2.05) is 48.5 Å². The smallest absolute Gasteiger partial charge is 0.122 e. The van der Waals surface area contributed by atoms with Gasteiger partial charge in [-0.1, -0.05) is 30.3 Å². The Morgan fingerprint density at radius 1 is 0.960 bits per heavy atom. The number of ether oxygens (including phenoxy) is 3. The quantitative estimate of drug-likeness (QED) is 0.718. The van der Waals surface area contributed by atoms with E-state index in [1.54, 1.807) is 21.3 Å². The maximum atomic E-state index is 10.5. The van der Waals surface area contributed by atoms with Crippen LogP contribution in [-0.2, 0) is 11.3 Å². The standard InChI is InChI=1S/C20H27NO4/c1-23-10-9-21(15-20(22)17-7-5-4-6-8-17)14-16-11-18(24-2)13-19(12-16)25-3/h4-8,11-13,20,22H,9-10,14-15H2,1-3H3. The van der Waals surface area contributed by atoms with Crippen LogP contribution in [0.15, 0.2) is 48.5 Å². The number of rotatable bonds is 10. The minimum absolute atomic E-state index is 0.521. The summed E-state index contributed by atoms with van der Waals surface area (Å²) in [6.07, 6.45) is -0.550. The van der Waals surface area contributed by atoms with Crippen LogP contribution in [0.3, 0.4) is 0 Å². The van der Waals surface area contributed by atoms with Crippen molar-refractivity contribution in [1.29, 1.82) is 0 Å². The molecule has 1 atom stereocenters. The molecule has 0 aromatic heterocycles. The molecule has 0 saturated heterocycles. The maximum Gasteiger partial charge on any atom is 0.122 e. The topological polar surface area (TPSA) is 51.2 Å². The van der Waals surface area contributed by atoms with E-state index in [1.165, 1.54) is 0 Å². The summed E-state index contributed by atoms with van der Waals surface area (Å²) < 4.78 is 15.9. The van der Waals surface area contributed by atoms with Crippen LogP contribution in [-0.4, -0.2) is 51.0 Å². The van der Waals surface area contributed by atoms with Gasteiger partial charge < -0.3 is 19.3 Å². The third kappa shape index (κ3) is 6.05. The molecule has 0 radical (unpaired) electrons. The molecular weight excluding hydrogens is 318 g/mol. The highest BCUT2D eigenvalue weighted by Crippen LogP contribution is 2.24. The van der Waals surface area contributed by atoms with E-state index >= 15 is 0 Å². The van der Waals surface area contributed by atoms with Gasteiger partial charge in [-0.25, -0.2) is 0 Å². The van der Waals surface area contributed by atoms with Crippen molar-refractivity contribution in [1.82, 2.24) is 4.90 Å². The largest absolute Gasteiger partial charge is 0.497 e. The number of aliphatic hydroxyl groups excluding tert-OH is 1. The number of hydrogen-bond donors (Lipinski definition) is 1. The molecular formula is C20H27NO4. The average Bonchev–Trinajstić information content (AvgIpc) is 2.66. The second-order valence-electron chi connectivity index (χ2n) is 5.88. The monoisotopic (exact) mass is 345 g/mol. The lowest BCUT2D eigenvalue weighted by atomic mass is 10.1. The molecule has 0 heterocycles. The molecule has 2 aromatic rings. The Labute approximate surface area is 149 Å². The van der Waals surface area contributed by atoms with Crippen molar-refractivity contribution in [2.24, 2.45) is 0 Å². The molecule has 1 unspecified atom stereocenters. The molecule has 1 N–H and O–H groups in total. The molecule has 0 aliphatic heterocycles. The van der Waals surface area contributed by atoms with E-state index in [4.69, 9.17) is 14.2 Å². The van der Waals surface area contributed by atoms with Gasteiger partial charge in [0.05, 0.1) is 26.9 Å². The first-order valence-corrected chi connectivity index (χ1v) is 8.32. The zero-order valence-electron chi connectivity index (χ0n) is 15.1. The Morgan fingerprint density at radius 2 is 1.60 bits per heavy atom. The summed E-state index contributed by atoms with van der Waals surface area (Å²) in [5.74, 6) is 1.51. The summed E-state index contributed by atoms with van der Waals surface area (Å²) in [6.45, 7) is 2.51. The fraction of sp³-hybridized carbons (Fsp3) is 0.400. The lowest BCUT2D eigenvalue weighted by Gasteiger charge is -2.25. The van der Waals surface area contributed by atoms with Gasteiger partial charge in [-0.2, -0.15) is 0 Å². The summed E-state index contributed by atoms with van der Waals surface area (Å²) in [7, 11) is 4.96. The summed E-state index contributed by atoms with van der Waals surface area (Å²) >= 11 is 0. The van der Waals surface area contributed by atoms with Crippen molar-refractivity contribution in [2.75, 3.05) is 41.0 Å². The summed E-state index contributed by atoms with van der Waals surface area (Å²) in [4.78, 5) is 2.16. The van der Waals surface area contributed by atoms with Crippen LogP contribution in [0.5, 0.6) is 11.5 Å². The zero-order chi connectivity index (χ0) is 18.1. The van der Waals surface area contributed by atoms with Gasteiger partial charge in [0.25, 0.3) is 0 Å². The highest BCUT2D eigenvalue weighted by atomic mass is 16.5. The predicted molar refractivity (Wildman–Crippen MR) is 98.1 cm³/mol. The molecule has 2 aromatic carbocycles. The van der Waals surface area contributed by atoms with Crippen molar-refractivity contribution in [2.45, 2.75) is 12.6 Å². The second-order valence-corrected chi connectivity index (χ2v) is 5.88. The molecule has 0 fully saturated rings. The Balaban J connectivity index is 2.11. The van der Waals surface area contributed by atoms with Crippen molar-refractivity contribution in [3.63, 3.8) is 0 Å². The van der Waals surface area contributed by atoms with Crippen molar-refractivity contribution in [3.8, 4) is 11.5 Å². The zero-order valence-corrected chi connectivity index (χ0v) is 15.1. The van der Waals surface area contributed by atoms with Gasteiger partial charge in [0.15, 0.2) is 0 Å². The van der Waals surface area contributed by atoms with Crippen molar-refractivity contribution < 1.29 is 19.3 Å². The number of hydrogen-bond acceptors (Lipinski definition) is 5. The second kappa shape index (κ2) is 10.0. The Kier molecular flexibility index (Phi) is 7.73. The van der Waals surface area contributed by atoms with Crippen LogP contribution < -0.4 is 9.47 Å². The van der Waals surface area contributed by atoms with E-state index < -0.39 is 6.10 Å². The van der Waals surface area contributed by atoms with Crippen LogP contribution in [0.4, 0.5) is 0 Å². The normalized spacial score (nSPS) is 12.2. The van der Waals surface area contributed by atoms with Gasteiger partial charge >= 0.3 is 0 Å². The Hall–Kier alpha value is -2.08. The number of nitrogens with zero attached hydrogens (tertiary/aromatic N) is 1. The molecule has 0 saturated carbocycles. The molecule has 0 aliphatic carbocycles. The number of methoxy groups -OCH3 is 3. The molecule has 0 bridgehead atoms. The molecule has 136 valence electrons. The first-order valence-electron chi connectivity index (χ1n) is 8.32. The lowest BCUT2D eigenvalue weighted by molar-refractivity contribution is 0.0849. The number of aliphatic hydroxyl groups is 1. The van der Waals surface area contributed by atoms with Gasteiger partial charge in [-0.3, -0.25) is 4.90 Å². The SMILES string of the molecule is COCCN(Cc1cc(OC)cc(OC)c1)CC(O)c1ccccc1. The van der Waals surface area contributed by atoms with Crippen molar-refractivity contribution in [3.05, 3.63) is 59.7 Å². The Bertz CT molecular complexity index is 611. The highest BCUT2D eigenvalue weighted by molar-refractivity contribution is 5.38. The lowest BCUT2D eigenvalue weighted by Crippen LogP contribution is -2.31. The van der Waals surface area contributed by atoms with Crippen molar-refractivity contribution >= 4 is 0 Å². The van der Waals surface area contributed by atoms with Gasteiger partial charge in [-0.05, 0) is 23.3 Å². The van der Waals surface area contributed by atoms with E-state index in [0.717, 1.165) is 29.2 Å². The minimum Gasteiger partial charge on any atom is -0.497 e. The van der Waals surface area contributed by atoms with Gasteiger partial charge in [-0.15, -0.1) is 0 Å². The fourth-order valence-corrected chi connectivity index (χ4v) is 2.70. The van der Waals surface area contributed by atoms with Gasteiger partial charge in [0.1, 0.15) is 11.5 Å². The highest BCUT2D eigenvalue weighted by Gasteiger charge is 2.15. The molecule has 5 nitrogen and oxygen atoms in total. The first-order chi connectivity index (χ1) is 12.2. The van der Waals surface area contributed by atoms with Crippen LogP contribution in [0.1, 0.15) is 17.2 Å². The summed E-state index contributed by atoms with van der Waals surface area (Å²) in [5, 5.41) is 10.5. The fourth-order valence-electron chi connectivity index (χ4n) is 2.70. The predicted octanol–water partition coefficient (Wildman–Crippen LogP) is 2.89. The summed E-state index contributed by atoms with van der Waals surface area (Å²) in [5.41, 5.74) is 1.97. The molecule has 0 aliphatic rings. The minimum atomic E-state index is -0.550. The molecule has 25 heavy (non-hydrogen) atoms. The van der Waals surface area contributed by atoms with Crippen LogP contribution >= 0.6 is 0 Å². The van der Waals surface area contributed by atoms with E-state index in [2.05, 4.69) is 4.90 Å². The van der Waals surface area contributed by atoms with Gasteiger partial charge in [0, 0.05) is 32.8 Å². The third-order valence-corrected chi connectivity index (χ3v) is 4.04. The van der Waals surface area contributed by atoms with Crippen LogP contribution in [0.2, 0.25) is 0 Å².